The maximum Gasteiger partial charge on any atom is 0.323 e. The van der Waals surface area contributed by atoms with Gasteiger partial charge in [-0.1, -0.05) is 23.7 Å². The Morgan fingerprint density at radius 1 is 1.14 bits per heavy atom. The number of carbonyl (C=O) groups excluding carboxylic acids is 1. The number of para-hydroxylation sites is 1. The molecule has 0 unspecified atom stereocenters. The Balaban J connectivity index is 2.02. The number of carbonyl (C=O) groups is 1. The minimum absolute atomic E-state index is 0.142. The quantitative estimate of drug-likeness (QED) is 0.726. The molecule has 1 aromatic heterocycles. The Morgan fingerprint density at radius 3 is 2.52 bits per heavy atom. The number of aryl methyl sites for hydroxylation is 1. The summed E-state index contributed by atoms with van der Waals surface area (Å²) in [7, 11) is 3.80. The van der Waals surface area contributed by atoms with E-state index in [2.05, 4.69) is 5.32 Å². The highest BCUT2D eigenvalue weighted by Gasteiger charge is 2.26. The molecule has 1 heterocycles. The SMILES string of the molecule is Cn1c2ccccc2c(C(=O)Nc2ccc(Cl)cc2)[n+]1C. The number of nitrogens with one attached hydrogen (secondary N) is 1. The van der Waals surface area contributed by atoms with E-state index >= 15 is 0 Å². The number of fused-ring (bicyclic) bond motifs is 1. The van der Waals surface area contributed by atoms with E-state index in [1.807, 2.05) is 47.7 Å². The predicted octanol–water partition coefficient (Wildman–Crippen LogP) is 2.91. The summed E-state index contributed by atoms with van der Waals surface area (Å²) in [6.07, 6.45) is 0. The molecule has 5 heteroatoms. The Morgan fingerprint density at radius 2 is 1.81 bits per heavy atom. The zero-order valence-electron chi connectivity index (χ0n) is 11.8. The number of amides is 1. The molecule has 4 nitrogen and oxygen atoms in total. The Labute approximate surface area is 127 Å². The lowest BCUT2D eigenvalue weighted by atomic mass is 10.2. The molecule has 0 saturated carbocycles. The third kappa shape index (κ3) is 2.38. The molecular formula is C16H15ClN3O+. The van der Waals surface area contributed by atoms with E-state index in [1.165, 1.54) is 0 Å². The molecule has 1 N–H and O–H groups in total. The summed E-state index contributed by atoms with van der Waals surface area (Å²) >= 11 is 5.85. The fourth-order valence-electron chi connectivity index (χ4n) is 2.43. The average Bonchev–Trinajstić information content (AvgIpc) is 2.74. The average molecular weight is 301 g/mol. The van der Waals surface area contributed by atoms with Crippen LogP contribution in [-0.2, 0) is 14.1 Å². The van der Waals surface area contributed by atoms with Crippen LogP contribution >= 0.6 is 11.6 Å². The summed E-state index contributed by atoms with van der Waals surface area (Å²) in [5, 5.41) is 4.47. The maximum absolute atomic E-state index is 12.6. The summed E-state index contributed by atoms with van der Waals surface area (Å²) in [5.74, 6) is -0.142. The summed E-state index contributed by atoms with van der Waals surface area (Å²) in [6, 6.07) is 14.9. The highest BCUT2D eigenvalue weighted by molar-refractivity contribution is 6.30. The van der Waals surface area contributed by atoms with E-state index in [4.69, 9.17) is 11.6 Å². The summed E-state index contributed by atoms with van der Waals surface area (Å²) in [4.78, 5) is 12.6. The zero-order valence-corrected chi connectivity index (χ0v) is 12.6. The first-order valence-corrected chi connectivity index (χ1v) is 6.96. The molecule has 0 aliphatic carbocycles. The van der Waals surface area contributed by atoms with Crippen molar-refractivity contribution in [2.24, 2.45) is 14.1 Å². The van der Waals surface area contributed by atoms with Crippen LogP contribution in [0.25, 0.3) is 10.9 Å². The molecule has 106 valence electrons. The normalized spacial score (nSPS) is 10.8. The lowest BCUT2D eigenvalue weighted by Gasteiger charge is -2.02. The van der Waals surface area contributed by atoms with Gasteiger partial charge in [0.2, 0.25) is 0 Å². The van der Waals surface area contributed by atoms with Crippen molar-refractivity contribution in [1.29, 1.82) is 0 Å². The van der Waals surface area contributed by atoms with E-state index < -0.39 is 0 Å². The van der Waals surface area contributed by atoms with Crippen molar-refractivity contribution in [2.45, 2.75) is 0 Å². The molecule has 0 spiro atoms. The third-order valence-corrected chi connectivity index (χ3v) is 3.85. The van der Waals surface area contributed by atoms with Crippen molar-refractivity contribution in [3.05, 3.63) is 59.2 Å². The number of hydrogen-bond acceptors (Lipinski definition) is 1. The van der Waals surface area contributed by atoms with Gasteiger partial charge in [-0.3, -0.25) is 4.79 Å². The minimum atomic E-state index is -0.142. The number of halogens is 1. The standard InChI is InChI=1S/C16H14ClN3O/c1-19-14-6-4-3-5-13(14)15(20(19)2)16(21)18-12-9-7-11(17)8-10-12/h3-10H,1-2H3/p+1. The predicted molar refractivity (Wildman–Crippen MR) is 83.5 cm³/mol. The number of rotatable bonds is 2. The Kier molecular flexibility index (Phi) is 3.39. The van der Waals surface area contributed by atoms with Crippen LogP contribution in [0.3, 0.4) is 0 Å². The van der Waals surface area contributed by atoms with Gasteiger partial charge in [-0.25, -0.2) is 0 Å². The zero-order chi connectivity index (χ0) is 15.0. The van der Waals surface area contributed by atoms with Crippen molar-refractivity contribution in [2.75, 3.05) is 5.32 Å². The Hall–Kier alpha value is -2.33. The third-order valence-electron chi connectivity index (χ3n) is 3.60. The maximum atomic E-state index is 12.6. The highest BCUT2D eigenvalue weighted by Crippen LogP contribution is 2.18. The van der Waals surface area contributed by atoms with Crippen LogP contribution in [0.15, 0.2) is 48.5 Å². The number of nitrogens with zero attached hydrogens (tertiary/aromatic N) is 2. The first kappa shape index (κ1) is 13.6. The second-order valence-corrected chi connectivity index (χ2v) is 5.31. The summed E-state index contributed by atoms with van der Waals surface area (Å²) in [6.45, 7) is 0. The van der Waals surface area contributed by atoms with Gasteiger partial charge in [0.05, 0.1) is 12.4 Å². The number of hydrogen-bond donors (Lipinski definition) is 1. The fraction of sp³-hybridized carbons (Fsp3) is 0.125. The van der Waals surface area contributed by atoms with E-state index in [1.54, 1.807) is 24.3 Å². The van der Waals surface area contributed by atoms with Crippen LogP contribution in [0, 0.1) is 0 Å². The van der Waals surface area contributed by atoms with E-state index in [9.17, 15) is 4.79 Å². The van der Waals surface area contributed by atoms with Crippen LogP contribution in [0.4, 0.5) is 5.69 Å². The second-order valence-electron chi connectivity index (χ2n) is 4.87. The molecule has 0 fully saturated rings. The summed E-state index contributed by atoms with van der Waals surface area (Å²) < 4.78 is 3.79. The van der Waals surface area contributed by atoms with Crippen LogP contribution in [-0.4, -0.2) is 10.6 Å². The van der Waals surface area contributed by atoms with Crippen LogP contribution in [0.1, 0.15) is 10.5 Å². The van der Waals surface area contributed by atoms with E-state index in [-0.39, 0.29) is 5.91 Å². The molecule has 3 aromatic rings. The lowest BCUT2D eigenvalue weighted by Crippen LogP contribution is -2.43. The van der Waals surface area contributed by atoms with Gasteiger partial charge >= 0.3 is 11.6 Å². The molecule has 0 atom stereocenters. The summed E-state index contributed by atoms with van der Waals surface area (Å²) in [5.41, 5.74) is 2.36. The first-order valence-electron chi connectivity index (χ1n) is 6.58. The van der Waals surface area contributed by atoms with Crippen molar-refractivity contribution < 1.29 is 9.48 Å². The van der Waals surface area contributed by atoms with Gasteiger partial charge in [0.1, 0.15) is 5.52 Å². The number of benzene rings is 2. The molecular weight excluding hydrogens is 286 g/mol. The van der Waals surface area contributed by atoms with Gasteiger partial charge in [0, 0.05) is 10.7 Å². The lowest BCUT2D eigenvalue weighted by molar-refractivity contribution is -0.750. The number of anilines is 1. The monoisotopic (exact) mass is 300 g/mol. The molecule has 3 rings (SSSR count). The smallest absolute Gasteiger partial charge is 0.317 e. The molecule has 0 saturated heterocycles. The second kappa shape index (κ2) is 5.22. The van der Waals surface area contributed by atoms with E-state index in [0.717, 1.165) is 16.6 Å². The topological polar surface area (TPSA) is 37.9 Å². The minimum Gasteiger partial charge on any atom is -0.317 e. The molecule has 0 aliphatic heterocycles. The molecule has 0 radical (unpaired) electrons. The van der Waals surface area contributed by atoms with Crippen LogP contribution in [0.2, 0.25) is 5.02 Å². The molecule has 0 aliphatic rings. The van der Waals surface area contributed by atoms with Crippen LogP contribution < -0.4 is 10.00 Å². The van der Waals surface area contributed by atoms with E-state index in [0.29, 0.717) is 10.7 Å². The molecule has 21 heavy (non-hydrogen) atoms. The van der Waals surface area contributed by atoms with Crippen LogP contribution in [0.5, 0.6) is 0 Å². The van der Waals surface area contributed by atoms with Gasteiger partial charge < -0.3 is 5.32 Å². The fourth-order valence-corrected chi connectivity index (χ4v) is 2.56. The first-order chi connectivity index (χ1) is 10.1. The van der Waals surface area contributed by atoms with Gasteiger partial charge in [-0.05, 0) is 36.4 Å². The molecule has 2 aromatic carbocycles. The number of aromatic nitrogens is 2. The molecule has 0 bridgehead atoms. The van der Waals surface area contributed by atoms with Gasteiger partial charge in [-0.2, -0.15) is 4.68 Å². The molecule has 1 amide bonds. The Bertz CT molecular complexity index is 821. The van der Waals surface area contributed by atoms with Crippen molar-refractivity contribution >= 4 is 34.1 Å². The van der Waals surface area contributed by atoms with Crippen molar-refractivity contribution in [3.8, 4) is 0 Å². The van der Waals surface area contributed by atoms with Gasteiger partial charge in [0.15, 0.2) is 7.05 Å². The highest BCUT2D eigenvalue weighted by atomic mass is 35.5. The van der Waals surface area contributed by atoms with Crippen molar-refractivity contribution in [3.63, 3.8) is 0 Å². The van der Waals surface area contributed by atoms with Gasteiger partial charge in [-0.15, -0.1) is 4.68 Å². The largest absolute Gasteiger partial charge is 0.323 e. The van der Waals surface area contributed by atoms with Gasteiger partial charge in [0.25, 0.3) is 0 Å². The van der Waals surface area contributed by atoms with Crippen molar-refractivity contribution in [1.82, 2.24) is 4.68 Å².